The summed E-state index contributed by atoms with van der Waals surface area (Å²) in [6.07, 6.45) is 0. The van der Waals surface area contributed by atoms with Gasteiger partial charge in [-0.15, -0.1) is 11.3 Å². The van der Waals surface area contributed by atoms with Crippen molar-refractivity contribution in [3.8, 4) is 5.75 Å². The number of benzene rings is 2. The summed E-state index contributed by atoms with van der Waals surface area (Å²) in [5, 5.41) is 2.99. The molecule has 0 spiro atoms. The zero-order valence-corrected chi connectivity index (χ0v) is 11.5. The smallest absolute Gasteiger partial charge is 0.194 e. The van der Waals surface area contributed by atoms with Crippen molar-refractivity contribution < 1.29 is 13.9 Å². The van der Waals surface area contributed by atoms with E-state index < -0.39 is 5.82 Å². The van der Waals surface area contributed by atoms with Crippen LogP contribution in [0, 0.1) is 5.82 Å². The highest BCUT2D eigenvalue weighted by molar-refractivity contribution is 7.17. The predicted molar refractivity (Wildman–Crippen MR) is 78.2 cm³/mol. The lowest BCUT2D eigenvalue weighted by atomic mass is 10.0. The van der Waals surface area contributed by atoms with Crippen molar-refractivity contribution in [2.45, 2.75) is 0 Å². The number of ketones is 1. The Morgan fingerprint density at radius 1 is 1.20 bits per heavy atom. The molecule has 4 heteroatoms. The lowest BCUT2D eigenvalue weighted by Crippen LogP contribution is -2.02. The maximum absolute atomic E-state index is 13.4. The van der Waals surface area contributed by atoms with Gasteiger partial charge in [-0.25, -0.2) is 4.39 Å². The maximum Gasteiger partial charge on any atom is 0.194 e. The first-order valence-corrected chi connectivity index (χ1v) is 6.93. The second kappa shape index (κ2) is 5.06. The minimum atomic E-state index is -0.474. The molecular formula is C16H11FO2S. The Morgan fingerprint density at radius 2 is 2.05 bits per heavy atom. The highest BCUT2D eigenvalue weighted by Gasteiger charge is 2.15. The molecule has 20 heavy (non-hydrogen) atoms. The van der Waals surface area contributed by atoms with Gasteiger partial charge in [-0.2, -0.15) is 0 Å². The molecule has 0 atom stereocenters. The summed E-state index contributed by atoms with van der Waals surface area (Å²) >= 11 is 1.52. The minimum Gasteiger partial charge on any atom is -0.494 e. The Balaban J connectivity index is 2.11. The summed E-state index contributed by atoms with van der Waals surface area (Å²) in [5.74, 6) is -0.524. The van der Waals surface area contributed by atoms with E-state index in [1.54, 1.807) is 6.07 Å². The molecule has 0 aliphatic heterocycles. The van der Waals surface area contributed by atoms with E-state index in [1.165, 1.54) is 36.6 Å². The lowest BCUT2D eigenvalue weighted by molar-refractivity contribution is 0.104. The molecule has 2 nitrogen and oxygen atoms in total. The van der Waals surface area contributed by atoms with Gasteiger partial charge < -0.3 is 4.74 Å². The SMILES string of the molecule is COc1cc(C(=O)c2cccc3ccsc23)ccc1F. The Morgan fingerprint density at radius 3 is 2.85 bits per heavy atom. The van der Waals surface area contributed by atoms with Crippen molar-refractivity contribution in [2.24, 2.45) is 0 Å². The van der Waals surface area contributed by atoms with E-state index in [-0.39, 0.29) is 11.5 Å². The summed E-state index contributed by atoms with van der Waals surface area (Å²) in [5.41, 5.74) is 1.05. The summed E-state index contributed by atoms with van der Waals surface area (Å²) in [4.78, 5) is 12.6. The van der Waals surface area contributed by atoms with Crippen molar-refractivity contribution in [1.29, 1.82) is 0 Å². The second-order valence-electron chi connectivity index (χ2n) is 4.32. The lowest BCUT2D eigenvalue weighted by Gasteiger charge is -2.06. The number of rotatable bonds is 3. The molecule has 1 heterocycles. The van der Waals surface area contributed by atoms with Gasteiger partial charge in [0.1, 0.15) is 0 Å². The molecule has 3 rings (SSSR count). The minimum absolute atomic E-state index is 0.0780. The fraction of sp³-hybridized carbons (Fsp3) is 0.0625. The highest BCUT2D eigenvalue weighted by Crippen LogP contribution is 2.28. The Bertz CT molecular complexity index is 792. The third kappa shape index (κ3) is 2.08. The molecule has 2 aromatic carbocycles. The first kappa shape index (κ1) is 12.8. The van der Waals surface area contributed by atoms with Crippen LogP contribution < -0.4 is 4.74 Å². The zero-order chi connectivity index (χ0) is 14.1. The molecule has 100 valence electrons. The zero-order valence-electron chi connectivity index (χ0n) is 10.7. The Labute approximate surface area is 119 Å². The Hall–Kier alpha value is -2.20. The van der Waals surface area contributed by atoms with Crippen LogP contribution >= 0.6 is 11.3 Å². The number of halogens is 1. The molecule has 0 saturated carbocycles. The third-order valence-electron chi connectivity index (χ3n) is 3.14. The molecule has 0 aliphatic rings. The van der Waals surface area contributed by atoms with E-state index >= 15 is 0 Å². The molecule has 0 aliphatic carbocycles. The van der Waals surface area contributed by atoms with E-state index in [9.17, 15) is 9.18 Å². The van der Waals surface area contributed by atoms with Crippen molar-refractivity contribution in [3.05, 3.63) is 64.8 Å². The predicted octanol–water partition coefficient (Wildman–Crippen LogP) is 4.28. The first-order valence-electron chi connectivity index (χ1n) is 6.05. The van der Waals surface area contributed by atoms with E-state index in [0.29, 0.717) is 11.1 Å². The van der Waals surface area contributed by atoms with Gasteiger partial charge in [-0.3, -0.25) is 4.79 Å². The van der Waals surface area contributed by atoms with Crippen molar-refractivity contribution in [3.63, 3.8) is 0 Å². The summed E-state index contributed by atoms with van der Waals surface area (Å²) in [7, 11) is 1.38. The number of hydrogen-bond donors (Lipinski definition) is 0. The van der Waals surface area contributed by atoms with E-state index in [2.05, 4.69) is 0 Å². The highest BCUT2D eigenvalue weighted by atomic mass is 32.1. The number of carbonyl (C=O) groups excluding carboxylic acids is 1. The fourth-order valence-electron chi connectivity index (χ4n) is 2.13. The third-order valence-corrected chi connectivity index (χ3v) is 4.10. The van der Waals surface area contributed by atoms with Crippen LogP contribution in [0.1, 0.15) is 15.9 Å². The van der Waals surface area contributed by atoms with Crippen LogP contribution in [0.3, 0.4) is 0 Å². The molecule has 0 radical (unpaired) electrons. The van der Waals surface area contributed by atoms with Crippen LogP contribution in [0.4, 0.5) is 4.39 Å². The maximum atomic E-state index is 13.4. The fourth-order valence-corrected chi connectivity index (χ4v) is 3.04. The van der Waals surface area contributed by atoms with Gasteiger partial charge in [-0.05, 0) is 41.1 Å². The van der Waals surface area contributed by atoms with Crippen molar-refractivity contribution >= 4 is 27.2 Å². The molecule has 0 bridgehead atoms. The van der Waals surface area contributed by atoms with Gasteiger partial charge in [-0.1, -0.05) is 12.1 Å². The summed E-state index contributed by atoms with van der Waals surface area (Å²) in [6.45, 7) is 0. The van der Waals surface area contributed by atoms with E-state index in [0.717, 1.165) is 10.1 Å². The second-order valence-corrected chi connectivity index (χ2v) is 5.24. The molecule has 0 unspecified atom stereocenters. The normalized spacial score (nSPS) is 10.7. The molecule has 0 fully saturated rings. The van der Waals surface area contributed by atoms with Gasteiger partial charge in [0.05, 0.1) is 7.11 Å². The number of carbonyl (C=O) groups is 1. The van der Waals surface area contributed by atoms with E-state index in [1.807, 2.05) is 23.6 Å². The van der Waals surface area contributed by atoms with Crippen LogP contribution in [0.2, 0.25) is 0 Å². The van der Waals surface area contributed by atoms with E-state index in [4.69, 9.17) is 4.74 Å². The van der Waals surface area contributed by atoms with Crippen molar-refractivity contribution in [2.75, 3.05) is 7.11 Å². The number of hydrogen-bond acceptors (Lipinski definition) is 3. The van der Waals surface area contributed by atoms with Crippen LogP contribution in [0.5, 0.6) is 5.75 Å². The number of methoxy groups -OCH3 is 1. The van der Waals surface area contributed by atoms with Crippen LogP contribution in [-0.4, -0.2) is 12.9 Å². The first-order chi connectivity index (χ1) is 9.70. The molecule has 0 amide bonds. The molecular weight excluding hydrogens is 275 g/mol. The van der Waals surface area contributed by atoms with Gasteiger partial charge >= 0.3 is 0 Å². The largest absolute Gasteiger partial charge is 0.494 e. The Kier molecular flexibility index (Phi) is 3.24. The number of fused-ring (bicyclic) bond motifs is 1. The number of thiophene rings is 1. The van der Waals surface area contributed by atoms with Gasteiger partial charge in [0, 0.05) is 15.8 Å². The average molecular weight is 286 g/mol. The quantitative estimate of drug-likeness (QED) is 0.672. The standard InChI is InChI=1S/C16H11FO2S/c1-19-14-9-11(5-6-13(14)17)15(18)12-4-2-3-10-7-8-20-16(10)12/h2-9H,1H3. The monoisotopic (exact) mass is 286 g/mol. The van der Waals surface area contributed by atoms with Gasteiger partial charge in [0.15, 0.2) is 17.3 Å². The molecule has 1 aromatic heterocycles. The molecule has 0 N–H and O–H groups in total. The van der Waals surface area contributed by atoms with Crippen molar-refractivity contribution in [1.82, 2.24) is 0 Å². The molecule has 0 saturated heterocycles. The van der Waals surface area contributed by atoms with Crippen LogP contribution in [0.25, 0.3) is 10.1 Å². The number of ether oxygens (including phenoxy) is 1. The van der Waals surface area contributed by atoms with Crippen LogP contribution in [-0.2, 0) is 0 Å². The topological polar surface area (TPSA) is 26.3 Å². The average Bonchev–Trinajstić information content (AvgIpc) is 2.95. The summed E-state index contributed by atoms with van der Waals surface area (Å²) in [6, 6.07) is 11.7. The van der Waals surface area contributed by atoms with Crippen LogP contribution in [0.15, 0.2) is 47.8 Å². The van der Waals surface area contributed by atoms with Gasteiger partial charge in [0.2, 0.25) is 0 Å². The molecule has 3 aromatic rings. The summed E-state index contributed by atoms with van der Waals surface area (Å²) < 4.78 is 19.3. The van der Waals surface area contributed by atoms with Gasteiger partial charge in [0.25, 0.3) is 0 Å².